The smallest absolute Gasteiger partial charge is 0.223 e. The summed E-state index contributed by atoms with van der Waals surface area (Å²) >= 11 is 1.51. The van der Waals surface area contributed by atoms with Crippen molar-refractivity contribution in [3.05, 3.63) is 22.4 Å². The summed E-state index contributed by atoms with van der Waals surface area (Å²) in [6.07, 6.45) is 1.44. The van der Waals surface area contributed by atoms with Gasteiger partial charge >= 0.3 is 0 Å². The van der Waals surface area contributed by atoms with Crippen LogP contribution in [0.25, 0.3) is 0 Å². The lowest BCUT2D eigenvalue weighted by atomic mass is 10.3. The molecule has 0 radical (unpaired) electrons. The molecular weight excluding hydrogens is 198 g/mol. The Kier molecular flexibility index (Phi) is 2.84. The van der Waals surface area contributed by atoms with Crippen molar-refractivity contribution in [3.63, 3.8) is 0 Å². The van der Waals surface area contributed by atoms with Crippen LogP contribution in [0.4, 0.5) is 0 Å². The summed E-state index contributed by atoms with van der Waals surface area (Å²) in [7, 11) is 0. The molecule has 1 aromatic heterocycles. The third-order valence-electron chi connectivity index (χ3n) is 2.29. The number of nitrogens with one attached hydrogen (secondary N) is 1. The number of hydrogen-bond donors (Lipinski definition) is 2. The van der Waals surface area contributed by atoms with Crippen LogP contribution in [0.5, 0.6) is 0 Å². The zero-order chi connectivity index (χ0) is 9.97. The van der Waals surface area contributed by atoms with Crippen LogP contribution in [0.2, 0.25) is 0 Å². The van der Waals surface area contributed by atoms with E-state index in [4.69, 9.17) is 0 Å². The van der Waals surface area contributed by atoms with Crippen molar-refractivity contribution in [2.75, 3.05) is 6.54 Å². The average Bonchev–Trinajstić information content (AvgIpc) is 2.90. The second kappa shape index (κ2) is 4.11. The predicted octanol–water partition coefficient (Wildman–Crippen LogP) is 1.31. The van der Waals surface area contributed by atoms with Gasteiger partial charge in [0, 0.05) is 17.3 Å². The first-order valence-corrected chi connectivity index (χ1v) is 5.64. The number of thiophene rings is 1. The summed E-state index contributed by atoms with van der Waals surface area (Å²) in [5.41, 5.74) is 0. The Bertz CT molecular complexity index is 306. The SMILES string of the molecule is O=C(NCC(O)c1cccs1)C1CC1. The Labute approximate surface area is 86.8 Å². The van der Waals surface area contributed by atoms with Crippen molar-refractivity contribution >= 4 is 17.2 Å². The molecule has 1 saturated carbocycles. The minimum atomic E-state index is -0.558. The van der Waals surface area contributed by atoms with Gasteiger partial charge in [0.15, 0.2) is 0 Å². The van der Waals surface area contributed by atoms with Crippen LogP contribution in [0.1, 0.15) is 23.8 Å². The van der Waals surface area contributed by atoms with E-state index in [1.165, 1.54) is 11.3 Å². The molecule has 1 aliphatic rings. The molecule has 3 nitrogen and oxygen atoms in total. The van der Waals surface area contributed by atoms with Crippen molar-refractivity contribution in [3.8, 4) is 0 Å². The number of aliphatic hydroxyl groups excluding tert-OH is 1. The molecule has 1 aliphatic carbocycles. The lowest BCUT2D eigenvalue weighted by Crippen LogP contribution is -2.29. The first-order chi connectivity index (χ1) is 6.77. The van der Waals surface area contributed by atoms with E-state index in [1.54, 1.807) is 0 Å². The highest BCUT2D eigenvalue weighted by Crippen LogP contribution is 2.29. The molecule has 14 heavy (non-hydrogen) atoms. The predicted molar refractivity (Wildman–Crippen MR) is 55.0 cm³/mol. The van der Waals surface area contributed by atoms with Crippen molar-refractivity contribution in [1.29, 1.82) is 0 Å². The molecule has 1 amide bonds. The molecule has 1 aromatic rings. The lowest BCUT2D eigenvalue weighted by Gasteiger charge is -2.09. The second-order valence-corrected chi connectivity index (χ2v) is 4.53. The Hall–Kier alpha value is -0.870. The van der Waals surface area contributed by atoms with Crippen molar-refractivity contribution in [2.24, 2.45) is 5.92 Å². The number of amides is 1. The largest absolute Gasteiger partial charge is 0.386 e. The highest BCUT2D eigenvalue weighted by atomic mass is 32.1. The summed E-state index contributed by atoms with van der Waals surface area (Å²) in [5, 5.41) is 14.3. The molecule has 0 saturated heterocycles. The second-order valence-electron chi connectivity index (χ2n) is 3.55. The van der Waals surface area contributed by atoms with E-state index >= 15 is 0 Å². The van der Waals surface area contributed by atoms with Crippen LogP contribution in [0.3, 0.4) is 0 Å². The van der Waals surface area contributed by atoms with Gasteiger partial charge in [-0.25, -0.2) is 0 Å². The molecule has 2 rings (SSSR count). The first kappa shape index (κ1) is 9.68. The van der Waals surface area contributed by atoms with Crippen molar-refractivity contribution < 1.29 is 9.90 Å². The third-order valence-corrected chi connectivity index (χ3v) is 3.26. The maximum atomic E-state index is 11.3. The van der Waals surface area contributed by atoms with Gasteiger partial charge in [0.2, 0.25) is 5.91 Å². The quantitative estimate of drug-likeness (QED) is 0.789. The van der Waals surface area contributed by atoms with Gasteiger partial charge in [-0.15, -0.1) is 11.3 Å². The minimum Gasteiger partial charge on any atom is -0.386 e. The Morgan fingerprint density at radius 3 is 3.07 bits per heavy atom. The minimum absolute atomic E-state index is 0.0839. The van der Waals surface area contributed by atoms with Gasteiger partial charge in [-0.05, 0) is 24.3 Å². The Morgan fingerprint density at radius 2 is 2.50 bits per heavy atom. The van der Waals surface area contributed by atoms with Crippen molar-refractivity contribution in [2.45, 2.75) is 18.9 Å². The van der Waals surface area contributed by atoms with E-state index in [2.05, 4.69) is 5.32 Å². The molecule has 0 bridgehead atoms. The fraction of sp³-hybridized carbons (Fsp3) is 0.500. The summed E-state index contributed by atoms with van der Waals surface area (Å²) in [5.74, 6) is 0.297. The standard InChI is InChI=1S/C10H13NO2S/c12-8(9-2-1-5-14-9)6-11-10(13)7-3-4-7/h1-2,5,7-8,12H,3-4,6H2,(H,11,13). The van der Waals surface area contributed by atoms with Crippen LogP contribution >= 0.6 is 11.3 Å². The lowest BCUT2D eigenvalue weighted by molar-refractivity contribution is -0.122. The zero-order valence-electron chi connectivity index (χ0n) is 7.77. The van der Waals surface area contributed by atoms with Gasteiger partial charge in [-0.2, -0.15) is 0 Å². The highest BCUT2D eigenvalue weighted by Gasteiger charge is 2.29. The summed E-state index contributed by atoms with van der Waals surface area (Å²) in [6, 6.07) is 3.77. The van der Waals surface area contributed by atoms with Crippen LogP contribution in [-0.2, 0) is 4.79 Å². The van der Waals surface area contributed by atoms with E-state index in [0.29, 0.717) is 6.54 Å². The molecule has 0 aromatic carbocycles. The first-order valence-electron chi connectivity index (χ1n) is 4.76. The third kappa shape index (κ3) is 2.33. The molecule has 2 N–H and O–H groups in total. The fourth-order valence-electron chi connectivity index (χ4n) is 1.27. The molecule has 0 aliphatic heterocycles. The fourth-order valence-corrected chi connectivity index (χ4v) is 1.98. The van der Waals surface area contributed by atoms with E-state index in [-0.39, 0.29) is 11.8 Å². The topological polar surface area (TPSA) is 49.3 Å². The van der Waals surface area contributed by atoms with E-state index in [0.717, 1.165) is 17.7 Å². The maximum Gasteiger partial charge on any atom is 0.223 e. The van der Waals surface area contributed by atoms with E-state index < -0.39 is 6.10 Å². The van der Waals surface area contributed by atoms with Crippen LogP contribution in [-0.4, -0.2) is 17.6 Å². The van der Waals surface area contributed by atoms with Crippen LogP contribution < -0.4 is 5.32 Å². The monoisotopic (exact) mass is 211 g/mol. The zero-order valence-corrected chi connectivity index (χ0v) is 8.59. The summed E-state index contributed by atoms with van der Waals surface area (Å²) < 4.78 is 0. The molecule has 0 spiro atoms. The Balaban J connectivity index is 1.77. The summed E-state index contributed by atoms with van der Waals surface area (Å²) in [6.45, 7) is 0.329. The molecule has 1 unspecified atom stereocenters. The molecule has 1 atom stereocenters. The Morgan fingerprint density at radius 1 is 1.71 bits per heavy atom. The van der Waals surface area contributed by atoms with E-state index in [1.807, 2.05) is 17.5 Å². The summed E-state index contributed by atoms with van der Waals surface area (Å²) in [4.78, 5) is 12.2. The number of carbonyl (C=O) groups is 1. The molecule has 1 fully saturated rings. The normalized spacial score (nSPS) is 17.8. The van der Waals surface area contributed by atoms with Crippen LogP contribution in [0, 0.1) is 5.92 Å². The molecule has 76 valence electrons. The van der Waals surface area contributed by atoms with Crippen LogP contribution in [0.15, 0.2) is 17.5 Å². The van der Waals surface area contributed by atoms with Gasteiger partial charge in [-0.1, -0.05) is 6.07 Å². The molecule has 1 heterocycles. The maximum absolute atomic E-state index is 11.3. The van der Waals surface area contributed by atoms with Crippen molar-refractivity contribution in [1.82, 2.24) is 5.32 Å². The highest BCUT2D eigenvalue weighted by molar-refractivity contribution is 7.10. The van der Waals surface area contributed by atoms with Gasteiger partial charge in [0.05, 0.1) is 0 Å². The van der Waals surface area contributed by atoms with Gasteiger partial charge in [-0.3, -0.25) is 4.79 Å². The number of carbonyl (C=O) groups excluding carboxylic acids is 1. The van der Waals surface area contributed by atoms with Gasteiger partial charge in [0.1, 0.15) is 6.10 Å². The van der Waals surface area contributed by atoms with Gasteiger partial charge in [0.25, 0.3) is 0 Å². The number of aliphatic hydroxyl groups is 1. The van der Waals surface area contributed by atoms with E-state index in [9.17, 15) is 9.90 Å². The molecule has 4 heteroatoms. The van der Waals surface area contributed by atoms with Gasteiger partial charge < -0.3 is 10.4 Å². The molecular formula is C10H13NO2S. The average molecular weight is 211 g/mol. The number of hydrogen-bond acceptors (Lipinski definition) is 3. The number of rotatable bonds is 4.